The van der Waals surface area contributed by atoms with Crippen LogP contribution in [0.2, 0.25) is 0 Å². The summed E-state index contributed by atoms with van der Waals surface area (Å²) in [7, 11) is 0. The van der Waals surface area contributed by atoms with Crippen LogP contribution in [-0.2, 0) is 16.3 Å². The van der Waals surface area contributed by atoms with Crippen LogP contribution in [0, 0.1) is 5.92 Å². The quantitative estimate of drug-likeness (QED) is 0.258. The molecule has 0 unspecified atom stereocenters. The van der Waals surface area contributed by atoms with Crippen LogP contribution in [-0.4, -0.2) is 0 Å². The molecule has 0 radical (unpaired) electrons. The molecule has 0 N–H and O–H groups in total. The van der Waals surface area contributed by atoms with E-state index in [-0.39, 0.29) is 9.84 Å². The van der Waals surface area contributed by atoms with Gasteiger partial charge < -0.3 is 0 Å². The number of benzene rings is 1. The van der Waals surface area contributed by atoms with Gasteiger partial charge in [-0.05, 0) is 24.3 Å². The summed E-state index contributed by atoms with van der Waals surface area (Å²) >= 11 is 14.8. The van der Waals surface area contributed by atoms with Crippen LogP contribution in [0.25, 0.3) is 0 Å². The maximum absolute atomic E-state index is 2.46. The van der Waals surface area contributed by atoms with Crippen molar-refractivity contribution < 1.29 is 9.84 Å². The fraction of sp³-hybridized carbons (Fsp3) is 0.667. The second-order valence-corrected chi connectivity index (χ2v) is 75.9. The first-order valence-corrected chi connectivity index (χ1v) is 35.8. The van der Waals surface area contributed by atoms with Crippen molar-refractivity contribution in [2.24, 2.45) is 5.92 Å². The number of hydrogen-bond donors (Lipinski definition) is 0. The SMILES string of the molecule is CC.CC(C)CCc1ccccc1.CCCCC.[I][V]([I])[I].[I][V]([I])[I]. The normalized spacial score (nSPS) is 9.04. The van der Waals surface area contributed by atoms with Gasteiger partial charge in [0, 0.05) is 0 Å². The van der Waals surface area contributed by atoms with Crippen LogP contribution >= 0.6 is 120 Å². The first-order valence-electron chi connectivity index (χ1n) is 8.76. The van der Waals surface area contributed by atoms with E-state index in [4.69, 9.17) is 0 Å². The molecule has 0 nitrogen and oxygen atoms in total. The number of hydrogen-bond acceptors (Lipinski definition) is 0. The van der Waals surface area contributed by atoms with E-state index in [0.29, 0.717) is 0 Å². The molecule has 158 valence electrons. The number of rotatable bonds is 5. The van der Waals surface area contributed by atoms with Crippen molar-refractivity contribution in [2.75, 3.05) is 0 Å². The molecule has 0 spiro atoms. The van der Waals surface area contributed by atoms with E-state index in [9.17, 15) is 0 Å². The van der Waals surface area contributed by atoms with E-state index in [0.717, 1.165) is 5.92 Å². The van der Waals surface area contributed by atoms with Crippen molar-refractivity contribution in [3.8, 4) is 0 Å². The standard InChI is InChI=1S/C11H16.C5H12.C2H6.6HI.2V/c1-10(2)8-9-11-6-4-3-5-7-11;1-3-5-4-2;1-2;;;;;;;;/h3-7,10H,8-9H2,1-2H3;3-5H2,1-2H3;1-2H3;6*1H;;/q;;;;;;;;;2*+3/p-6. The van der Waals surface area contributed by atoms with Gasteiger partial charge in [0.25, 0.3) is 0 Å². The summed E-state index contributed by atoms with van der Waals surface area (Å²) in [5.74, 6) is 0.815. The van der Waals surface area contributed by atoms with Gasteiger partial charge in [-0.15, -0.1) is 0 Å². The zero-order valence-electron chi connectivity index (χ0n) is 16.7. The van der Waals surface area contributed by atoms with Crippen LogP contribution < -0.4 is 0 Å². The molecule has 0 aromatic heterocycles. The molecule has 1 aromatic rings. The molecule has 0 aliphatic carbocycles. The van der Waals surface area contributed by atoms with Crippen LogP contribution in [0.3, 0.4) is 0 Å². The van der Waals surface area contributed by atoms with Gasteiger partial charge in [-0.3, -0.25) is 0 Å². The van der Waals surface area contributed by atoms with E-state index >= 15 is 0 Å². The van der Waals surface area contributed by atoms with E-state index in [2.05, 4.69) is 178 Å². The number of unbranched alkanes of at least 4 members (excludes halogenated alkanes) is 2. The monoisotopic (exact) mass is 1110 g/mol. The van der Waals surface area contributed by atoms with Crippen LogP contribution in [0.15, 0.2) is 30.3 Å². The fourth-order valence-corrected chi connectivity index (χ4v) is 1.45. The first kappa shape index (κ1) is 38.1. The number of aryl methyl sites for hydroxylation is 1. The average molecular weight is 1110 g/mol. The molecule has 0 saturated carbocycles. The Balaban J connectivity index is -0.000000136. The van der Waals surface area contributed by atoms with Crippen molar-refractivity contribution >= 4 is 120 Å². The average Bonchev–Trinajstić information content (AvgIpc) is 2.56. The molecule has 0 aliphatic rings. The zero-order chi connectivity index (χ0) is 21.4. The third-order valence-electron chi connectivity index (χ3n) is 2.56. The predicted molar refractivity (Wildman–Crippen MR) is 170 cm³/mol. The predicted octanol–water partition coefficient (Wildman–Crippen LogP) is 11.8. The third kappa shape index (κ3) is 56.8. The molecule has 0 fully saturated rings. The third-order valence-corrected chi connectivity index (χ3v) is 2.56. The summed E-state index contributed by atoms with van der Waals surface area (Å²) < 4.78 is 0. The van der Waals surface area contributed by atoms with Crippen molar-refractivity contribution in [1.29, 1.82) is 0 Å². The Morgan fingerprint density at radius 2 is 1.12 bits per heavy atom. The van der Waals surface area contributed by atoms with Crippen molar-refractivity contribution in [1.82, 2.24) is 0 Å². The second-order valence-electron chi connectivity index (χ2n) is 5.15. The van der Waals surface area contributed by atoms with E-state index in [1.807, 2.05) is 13.8 Å². The molecule has 8 heteroatoms. The summed E-state index contributed by atoms with van der Waals surface area (Å²) in [6.07, 6.45) is 6.59. The Morgan fingerprint density at radius 1 is 0.769 bits per heavy atom. The Bertz CT molecular complexity index is 311. The summed E-state index contributed by atoms with van der Waals surface area (Å²) in [6, 6.07) is 10.7. The topological polar surface area (TPSA) is 0 Å². The van der Waals surface area contributed by atoms with Crippen LogP contribution in [0.1, 0.15) is 72.8 Å². The molecule has 1 aromatic carbocycles. The molecule has 0 bridgehead atoms. The van der Waals surface area contributed by atoms with Gasteiger partial charge in [-0.2, -0.15) is 0 Å². The van der Waals surface area contributed by atoms with Crippen molar-refractivity contribution in [3.05, 3.63) is 35.9 Å². The second kappa shape index (κ2) is 34.4. The summed E-state index contributed by atoms with van der Waals surface area (Å²) in [5.41, 5.74) is 1.46. The maximum atomic E-state index is 2.46. The van der Waals surface area contributed by atoms with Crippen molar-refractivity contribution in [3.63, 3.8) is 0 Å². The van der Waals surface area contributed by atoms with Gasteiger partial charge in [-0.25, -0.2) is 0 Å². The van der Waals surface area contributed by atoms with Gasteiger partial charge >= 0.3 is 130 Å². The van der Waals surface area contributed by atoms with Crippen LogP contribution in [0.5, 0.6) is 0 Å². The molecule has 0 heterocycles. The summed E-state index contributed by atoms with van der Waals surface area (Å²) in [4.78, 5) is -0.555. The van der Waals surface area contributed by atoms with Gasteiger partial charge in [0.1, 0.15) is 0 Å². The van der Waals surface area contributed by atoms with E-state index in [1.165, 1.54) is 37.7 Å². The molecular weight excluding hydrogens is 1080 g/mol. The molecule has 0 atom stereocenters. The molecule has 26 heavy (non-hydrogen) atoms. The Labute approximate surface area is 239 Å². The molecule has 0 saturated heterocycles. The summed E-state index contributed by atoms with van der Waals surface area (Å²) in [5, 5.41) is 0. The number of halogens is 6. The molecule has 0 amide bonds. The minimum atomic E-state index is -0.278. The Hall–Kier alpha value is 4.77. The van der Waals surface area contributed by atoms with Crippen LogP contribution in [0.4, 0.5) is 0 Å². The van der Waals surface area contributed by atoms with Gasteiger partial charge in [0.15, 0.2) is 0 Å². The molecule has 1 rings (SSSR count). The Kier molecular flexibility index (Phi) is 50.3. The van der Waals surface area contributed by atoms with Gasteiger partial charge in [-0.1, -0.05) is 91.1 Å². The van der Waals surface area contributed by atoms with Gasteiger partial charge in [0.2, 0.25) is 0 Å². The molecular formula is C18H34I6V2. The first-order chi connectivity index (χ1) is 12.2. The summed E-state index contributed by atoms with van der Waals surface area (Å²) in [6.45, 7) is 13.0. The fourth-order valence-electron chi connectivity index (χ4n) is 1.45. The zero-order valence-corrected chi connectivity index (χ0v) is 32.4. The van der Waals surface area contributed by atoms with E-state index < -0.39 is 0 Å². The van der Waals surface area contributed by atoms with Gasteiger partial charge in [0.05, 0.1) is 0 Å². The van der Waals surface area contributed by atoms with Crippen molar-refractivity contribution in [2.45, 2.75) is 73.6 Å². The minimum absolute atomic E-state index is 0.278. The van der Waals surface area contributed by atoms with E-state index in [1.54, 1.807) is 0 Å². The molecule has 0 aliphatic heterocycles. The Morgan fingerprint density at radius 3 is 1.35 bits per heavy atom.